The van der Waals surface area contributed by atoms with Gasteiger partial charge in [-0.15, -0.1) is 0 Å². The highest BCUT2D eigenvalue weighted by molar-refractivity contribution is 5.94. The third-order valence-corrected chi connectivity index (χ3v) is 5.77. The highest BCUT2D eigenvalue weighted by Gasteiger charge is 2.13. The molecule has 0 radical (unpaired) electrons. The lowest BCUT2D eigenvalue weighted by atomic mass is 9.87. The molecule has 0 aliphatic heterocycles. The van der Waals surface area contributed by atoms with Crippen LogP contribution >= 0.6 is 0 Å². The molecule has 0 saturated carbocycles. The van der Waals surface area contributed by atoms with Crippen LogP contribution in [0.15, 0.2) is 97.6 Å². The first kappa shape index (κ1) is 23.1. The van der Waals surface area contributed by atoms with Crippen molar-refractivity contribution in [1.82, 2.24) is 10.9 Å². The first-order chi connectivity index (χ1) is 16.3. The summed E-state index contributed by atoms with van der Waals surface area (Å²) in [5, 5.41) is 2.28. The quantitative estimate of drug-likeness (QED) is 0.311. The second-order valence-electron chi connectivity index (χ2n) is 9.38. The minimum Gasteiger partial charge on any atom is -0.489 e. The fourth-order valence-electron chi connectivity index (χ4n) is 3.62. The summed E-state index contributed by atoms with van der Waals surface area (Å²) in [4.78, 5) is 12.6. The van der Waals surface area contributed by atoms with Crippen molar-refractivity contribution in [2.45, 2.75) is 32.8 Å². The average molecular weight is 451 g/mol. The van der Waals surface area contributed by atoms with Crippen LogP contribution in [0.25, 0.3) is 16.5 Å². The van der Waals surface area contributed by atoms with Gasteiger partial charge in [-0.2, -0.15) is 0 Å². The molecule has 0 unspecified atom stereocenters. The van der Waals surface area contributed by atoms with Crippen molar-refractivity contribution in [3.05, 3.63) is 120 Å². The fraction of sp³-hybridized carbons (Fsp3) is 0.167. The van der Waals surface area contributed by atoms with Crippen molar-refractivity contribution < 1.29 is 9.53 Å². The maximum absolute atomic E-state index is 12.6. The minimum atomic E-state index is -0.229. The summed E-state index contributed by atoms with van der Waals surface area (Å²) in [5.41, 5.74) is 10.1. The Balaban J connectivity index is 1.29. The van der Waals surface area contributed by atoms with E-state index in [2.05, 4.69) is 62.5 Å². The molecule has 0 spiro atoms. The number of benzene rings is 4. The molecule has 0 aromatic heterocycles. The summed E-state index contributed by atoms with van der Waals surface area (Å²) in [6.45, 7) is 11.0. The van der Waals surface area contributed by atoms with E-state index >= 15 is 0 Å². The molecule has 172 valence electrons. The summed E-state index contributed by atoms with van der Waals surface area (Å²) >= 11 is 0. The van der Waals surface area contributed by atoms with Gasteiger partial charge in [0, 0.05) is 5.56 Å². The fourth-order valence-corrected chi connectivity index (χ4v) is 3.62. The number of amides is 1. The zero-order valence-corrected chi connectivity index (χ0v) is 19.9. The lowest BCUT2D eigenvalue weighted by molar-refractivity contribution is 0.0942. The molecule has 0 heterocycles. The van der Waals surface area contributed by atoms with E-state index in [0.29, 0.717) is 17.9 Å². The molecule has 34 heavy (non-hydrogen) atoms. The predicted octanol–water partition coefficient (Wildman–Crippen LogP) is 6.62. The smallest absolute Gasteiger partial charge is 0.269 e. The molecular weight excluding hydrogens is 420 g/mol. The number of carbonyl (C=O) groups excluding carboxylic acids is 1. The van der Waals surface area contributed by atoms with E-state index in [4.69, 9.17) is 4.74 Å². The lowest BCUT2D eigenvalue weighted by Crippen LogP contribution is -2.35. The van der Waals surface area contributed by atoms with E-state index in [0.717, 1.165) is 27.6 Å². The van der Waals surface area contributed by atoms with Gasteiger partial charge in [0.2, 0.25) is 0 Å². The number of ether oxygens (including phenoxy) is 1. The third kappa shape index (κ3) is 5.65. The molecule has 0 aliphatic carbocycles. The van der Waals surface area contributed by atoms with Crippen LogP contribution in [0, 0.1) is 0 Å². The van der Waals surface area contributed by atoms with Gasteiger partial charge in [0.15, 0.2) is 0 Å². The first-order valence-corrected chi connectivity index (χ1v) is 11.4. The standard InChI is InChI=1S/C30H30N2O2/c1-21(25-14-13-23-7-5-6-8-26(23)19-25)31-32-29(33)24-11-9-22(10-12-24)20-34-28-17-15-27(16-18-28)30(2,3)4/h5-19,31H,1,20H2,2-4H3,(H,32,33). The SMILES string of the molecule is C=C(NNC(=O)c1ccc(COc2ccc(C(C)(C)C)cc2)cc1)c1ccc2ccccc2c1. The molecule has 4 heteroatoms. The van der Waals surface area contributed by atoms with Gasteiger partial charge >= 0.3 is 0 Å². The van der Waals surface area contributed by atoms with Gasteiger partial charge in [-0.05, 0) is 63.2 Å². The number of hydrazine groups is 1. The van der Waals surface area contributed by atoms with Crippen molar-refractivity contribution in [2.75, 3.05) is 0 Å². The maximum Gasteiger partial charge on any atom is 0.269 e. The topological polar surface area (TPSA) is 50.4 Å². The molecule has 0 saturated heterocycles. The molecule has 4 aromatic carbocycles. The zero-order chi connectivity index (χ0) is 24.1. The van der Waals surface area contributed by atoms with Gasteiger partial charge in [0.05, 0.1) is 5.70 Å². The Morgan fingerprint density at radius 2 is 1.44 bits per heavy atom. The van der Waals surface area contributed by atoms with Gasteiger partial charge < -0.3 is 4.74 Å². The zero-order valence-electron chi connectivity index (χ0n) is 19.9. The van der Waals surface area contributed by atoms with Gasteiger partial charge in [0.25, 0.3) is 5.91 Å². The molecule has 2 N–H and O–H groups in total. The molecule has 0 fully saturated rings. The van der Waals surface area contributed by atoms with E-state index < -0.39 is 0 Å². The monoisotopic (exact) mass is 450 g/mol. The van der Waals surface area contributed by atoms with Crippen LogP contribution in [0.3, 0.4) is 0 Å². The third-order valence-electron chi connectivity index (χ3n) is 5.77. The van der Waals surface area contributed by atoms with Crippen molar-refractivity contribution >= 4 is 22.4 Å². The Morgan fingerprint density at radius 1 is 0.794 bits per heavy atom. The molecular formula is C30H30N2O2. The Labute approximate surface area is 201 Å². The van der Waals surface area contributed by atoms with E-state index in [1.807, 2.05) is 54.6 Å². The van der Waals surface area contributed by atoms with Crippen LogP contribution in [0.2, 0.25) is 0 Å². The molecule has 4 nitrogen and oxygen atoms in total. The normalized spacial score (nSPS) is 11.1. The number of fused-ring (bicyclic) bond motifs is 1. The Bertz CT molecular complexity index is 1300. The van der Waals surface area contributed by atoms with Crippen LogP contribution in [-0.4, -0.2) is 5.91 Å². The Kier molecular flexibility index (Phi) is 6.69. The van der Waals surface area contributed by atoms with Crippen molar-refractivity contribution in [2.24, 2.45) is 0 Å². The van der Waals surface area contributed by atoms with Crippen molar-refractivity contribution in [1.29, 1.82) is 0 Å². The molecule has 1 amide bonds. The predicted molar refractivity (Wildman–Crippen MR) is 139 cm³/mol. The first-order valence-electron chi connectivity index (χ1n) is 11.4. The maximum atomic E-state index is 12.6. The second kappa shape index (κ2) is 9.84. The van der Waals surface area contributed by atoms with Crippen molar-refractivity contribution in [3.8, 4) is 5.75 Å². The van der Waals surface area contributed by atoms with E-state index in [1.165, 1.54) is 5.56 Å². The van der Waals surface area contributed by atoms with Crippen LogP contribution in [0.5, 0.6) is 5.75 Å². The number of hydrogen-bond acceptors (Lipinski definition) is 3. The van der Waals surface area contributed by atoms with Gasteiger partial charge in [-0.3, -0.25) is 15.6 Å². The second-order valence-corrected chi connectivity index (χ2v) is 9.38. The summed E-state index contributed by atoms with van der Waals surface area (Å²) in [7, 11) is 0. The highest BCUT2D eigenvalue weighted by Crippen LogP contribution is 2.24. The van der Waals surface area contributed by atoms with Crippen LogP contribution in [-0.2, 0) is 12.0 Å². The minimum absolute atomic E-state index is 0.117. The van der Waals surface area contributed by atoms with E-state index in [-0.39, 0.29) is 11.3 Å². The summed E-state index contributed by atoms with van der Waals surface area (Å²) < 4.78 is 5.89. The van der Waals surface area contributed by atoms with Crippen LogP contribution < -0.4 is 15.6 Å². The lowest BCUT2D eigenvalue weighted by Gasteiger charge is -2.19. The summed E-state index contributed by atoms with van der Waals surface area (Å²) in [6, 6.07) is 29.8. The highest BCUT2D eigenvalue weighted by atomic mass is 16.5. The number of carbonyl (C=O) groups is 1. The molecule has 0 aliphatic rings. The Morgan fingerprint density at radius 3 is 2.12 bits per heavy atom. The average Bonchev–Trinajstić information content (AvgIpc) is 2.85. The number of hydrogen-bond donors (Lipinski definition) is 2. The van der Waals surface area contributed by atoms with E-state index in [1.54, 1.807) is 12.1 Å². The van der Waals surface area contributed by atoms with E-state index in [9.17, 15) is 4.79 Å². The largest absolute Gasteiger partial charge is 0.489 e. The molecule has 4 rings (SSSR count). The van der Waals surface area contributed by atoms with Gasteiger partial charge in [-0.25, -0.2) is 0 Å². The number of nitrogens with one attached hydrogen (secondary N) is 2. The molecule has 0 atom stereocenters. The van der Waals surface area contributed by atoms with Gasteiger partial charge in [0.1, 0.15) is 12.4 Å². The van der Waals surface area contributed by atoms with Gasteiger partial charge in [-0.1, -0.05) is 88.0 Å². The van der Waals surface area contributed by atoms with Crippen LogP contribution in [0.1, 0.15) is 47.8 Å². The van der Waals surface area contributed by atoms with Crippen molar-refractivity contribution in [3.63, 3.8) is 0 Å². The molecule has 0 bridgehead atoms. The van der Waals surface area contributed by atoms with Crippen LogP contribution in [0.4, 0.5) is 0 Å². The Hall–Kier alpha value is -4.05. The molecule has 4 aromatic rings. The summed E-state index contributed by atoms with van der Waals surface area (Å²) in [5.74, 6) is 0.596. The number of rotatable bonds is 7. The summed E-state index contributed by atoms with van der Waals surface area (Å²) in [6.07, 6.45) is 0.